The number of anilines is 1. The van der Waals surface area contributed by atoms with Crippen LogP contribution < -0.4 is 10.1 Å². The van der Waals surface area contributed by atoms with Crippen molar-refractivity contribution in [2.45, 2.75) is 34.6 Å². The van der Waals surface area contributed by atoms with Gasteiger partial charge < -0.3 is 34.5 Å². The fourth-order valence-electron chi connectivity index (χ4n) is 4.06. The zero-order chi connectivity index (χ0) is 29.9. The van der Waals surface area contributed by atoms with Crippen molar-refractivity contribution >= 4 is 40.5 Å². The van der Waals surface area contributed by atoms with Gasteiger partial charge in [0.1, 0.15) is 18.0 Å². The summed E-state index contributed by atoms with van der Waals surface area (Å²) in [4.78, 5) is 44.5. The average Bonchev–Trinajstić information content (AvgIpc) is 3.48. The van der Waals surface area contributed by atoms with E-state index in [-0.39, 0.29) is 23.8 Å². The Morgan fingerprint density at radius 1 is 1.20 bits per heavy atom. The molecule has 0 saturated heterocycles. The molecule has 0 atom stereocenters. The molecule has 0 unspecified atom stereocenters. The number of aryl methyl sites for hydroxylation is 1. The SMILES string of the molecule is CC(=O)O.CCOC(=O)C1=C(Nc2ccc(OCCN(CC)CC)cc2C)OC(=Cc2c[nH]c3ncccc23)C1=O. The minimum Gasteiger partial charge on any atom is -0.492 e. The topological polar surface area (TPSA) is 143 Å². The van der Waals surface area contributed by atoms with Crippen LogP contribution in [0.3, 0.4) is 0 Å². The van der Waals surface area contributed by atoms with E-state index < -0.39 is 17.7 Å². The summed E-state index contributed by atoms with van der Waals surface area (Å²) in [6.45, 7) is 12.5. The second-order valence-electron chi connectivity index (χ2n) is 9.00. The van der Waals surface area contributed by atoms with E-state index in [0.717, 1.165) is 48.8 Å². The first-order chi connectivity index (χ1) is 19.7. The number of nitrogens with one attached hydrogen (secondary N) is 2. The Bertz CT molecular complexity index is 1450. The maximum absolute atomic E-state index is 13.2. The molecule has 1 aliphatic heterocycles. The minimum absolute atomic E-state index is 0.0179. The van der Waals surface area contributed by atoms with Crippen molar-refractivity contribution in [3.8, 4) is 5.75 Å². The number of carbonyl (C=O) groups excluding carboxylic acids is 2. The standard InChI is InChI=1S/C28H32N4O5.C2H4O2/c1-5-32(6-2)13-14-36-20-10-11-22(18(4)15-20)31-27-24(28(34)35-7-3)25(33)23(37-27)16-19-17-30-26-21(19)9-8-12-29-26;1-2(3)4/h8-12,15-17,31H,5-7,13-14H2,1-4H3,(H,29,30);1H3,(H,3,4). The summed E-state index contributed by atoms with van der Waals surface area (Å²) in [7, 11) is 0. The van der Waals surface area contributed by atoms with Crippen LogP contribution in [0.4, 0.5) is 5.69 Å². The molecule has 3 heterocycles. The van der Waals surface area contributed by atoms with Gasteiger partial charge in [-0.2, -0.15) is 0 Å². The number of ether oxygens (including phenoxy) is 3. The van der Waals surface area contributed by atoms with Gasteiger partial charge in [-0.25, -0.2) is 9.78 Å². The maximum atomic E-state index is 13.2. The molecule has 4 rings (SSSR count). The molecule has 0 fully saturated rings. The monoisotopic (exact) mass is 564 g/mol. The molecule has 1 aromatic carbocycles. The number of aliphatic carboxylic acids is 1. The molecule has 218 valence electrons. The summed E-state index contributed by atoms with van der Waals surface area (Å²) >= 11 is 0. The van der Waals surface area contributed by atoms with E-state index in [1.165, 1.54) is 0 Å². The molecule has 0 aliphatic carbocycles. The summed E-state index contributed by atoms with van der Waals surface area (Å²) in [5.41, 5.74) is 2.78. The van der Waals surface area contributed by atoms with Crippen LogP contribution >= 0.6 is 0 Å². The summed E-state index contributed by atoms with van der Waals surface area (Å²) in [6, 6.07) is 9.28. The molecule has 1 aliphatic rings. The fourth-order valence-corrected chi connectivity index (χ4v) is 4.06. The largest absolute Gasteiger partial charge is 0.492 e. The third-order valence-electron chi connectivity index (χ3n) is 6.16. The zero-order valence-corrected chi connectivity index (χ0v) is 23.9. The number of pyridine rings is 1. The highest BCUT2D eigenvalue weighted by atomic mass is 16.5. The predicted molar refractivity (Wildman–Crippen MR) is 155 cm³/mol. The molecular formula is C30H36N4O7. The molecule has 11 heteroatoms. The number of likely N-dealkylation sites (N-methyl/N-ethyl adjacent to an activating group) is 1. The number of aromatic amines is 1. The molecule has 0 saturated carbocycles. The van der Waals surface area contributed by atoms with Gasteiger partial charge in [0.05, 0.1) is 6.61 Å². The Hall–Kier alpha value is -4.64. The number of carboxylic acids is 1. The third-order valence-corrected chi connectivity index (χ3v) is 6.16. The van der Waals surface area contributed by atoms with Crippen molar-refractivity contribution in [1.29, 1.82) is 0 Å². The van der Waals surface area contributed by atoms with Crippen molar-refractivity contribution in [3.05, 3.63) is 71.1 Å². The van der Waals surface area contributed by atoms with Crippen molar-refractivity contribution in [1.82, 2.24) is 14.9 Å². The molecule has 0 bridgehead atoms. The Morgan fingerprint density at radius 2 is 1.93 bits per heavy atom. The normalized spacial score (nSPS) is 13.7. The van der Waals surface area contributed by atoms with Crippen molar-refractivity contribution in [3.63, 3.8) is 0 Å². The van der Waals surface area contributed by atoms with Gasteiger partial charge in [0.25, 0.3) is 5.97 Å². The van der Waals surface area contributed by atoms with Gasteiger partial charge in [0.2, 0.25) is 11.7 Å². The first-order valence-corrected chi connectivity index (χ1v) is 13.4. The maximum Gasteiger partial charge on any atom is 0.347 e. The van der Waals surface area contributed by atoms with Crippen LogP contribution in [0, 0.1) is 6.92 Å². The first kappa shape index (κ1) is 30.9. The number of carboxylic acid groups (broad SMARTS) is 1. The highest BCUT2D eigenvalue weighted by molar-refractivity contribution is 6.26. The predicted octanol–water partition coefficient (Wildman–Crippen LogP) is 4.51. The second kappa shape index (κ2) is 14.7. The van der Waals surface area contributed by atoms with Gasteiger partial charge in [-0.3, -0.25) is 9.59 Å². The van der Waals surface area contributed by atoms with Crippen LogP contribution in [0.1, 0.15) is 38.8 Å². The van der Waals surface area contributed by atoms with Gasteiger partial charge in [0.15, 0.2) is 11.3 Å². The summed E-state index contributed by atoms with van der Waals surface area (Å²) in [5, 5.41) is 11.4. The molecule has 41 heavy (non-hydrogen) atoms. The lowest BCUT2D eigenvalue weighted by atomic mass is 10.1. The van der Waals surface area contributed by atoms with E-state index >= 15 is 0 Å². The Morgan fingerprint density at radius 3 is 2.59 bits per heavy atom. The van der Waals surface area contributed by atoms with Crippen LogP contribution in [0.2, 0.25) is 0 Å². The summed E-state index contributed by atoms with van der Waals surface area (Å²) in [6.07, 6.45) is 5.01. The van der Waals surface area contributed by atoms with Crippen LogP contribution in [-0.2, 0) is 23.9 Å². The number of Topliss-reactive ketones (excluding diaryl/α,β-unsaturated/α-hetero) is 1. The van der Waals surface area contributed by atoms with Crippen molar-refractivity contribution in [2.75, 3.05) is 38.2 Å². The van der Waals surface area contributed by atoms with Gasteiger partial charge in [-0.05, 0) is 68.9 Å². The number of esters is 1. The minimum atomic E-state index is -0.833. The zero-order valence-electron chi connectivity index (χ0n) is 23.9. The number of rotatable bonds is 11. The van der Waals surface area contributed by atoms with Crippen molar-refractivity contribution in [2.24, 2.45) is 0 Å². The number of hydrogen-bond donors (Lipinski definition) is 3. The van der Waals surface area contributed by atoms with Gasteiger partial charge in [0, 0.05) is 42.5 Å². The average molecular weight is 565 g/mol. The summed E-state index contributed by atoms with van der Waals surface area (Å²) in [5.74, 6) is -1.33. The first-order valence-electron chi connectivity index (χ1n) is 13.4. The van der Waals surface area contributed by atoms with Crippen LogP contribution in [0.5, 0.6) is 5.75 Å². The highest BCUT2D eigenvalue weighted by Gasteiger charge is 2.37. The van der Waals surface area contributed by atoms with E-state index in [0.29, 0.717) is 17.9 Å². The Balaban J connectivity index is 0.00000108. The summed E-state index contributed by atoms with van der Waals surface area (Å²) < 4.78 is 16.9. The fraction of sp³-hybridized carbons (Fsp3) is 0.333. The molecule has 0 radical (unpaired) electrons. The number of allylic oxidation sites excluding steroid dienone is 1. The Labute approximate surface area is 238 Å². The van der Waals surface area contributed by atoms with E-state index in [4.69, 9.17) is 24.1 Å². The number of fused-ring (bicyclic) bond motifs is 1. The lowest BCUT2D eigenvalue weighted by molar-refractivity contribution is -0.139. The molecule has 3 N–H and O–H groups in total. The number of aromatic nitrogens is 2. The number of benzene rings is 1. The Kier molecular flexibility index (Phi) is 11.0. The van der Waals surface area contributed by atoms with Crippen LogP contribution in [0.25, 0.3) is 17.1 Å². The van der Waals surface area contributed by atoms with Crippen LogP contribution in [0.15, 0.2) is 59.9 Å². The van der Waals surface area contributed by atoms with Gasteiger partial charge in [-0.1, -0.05) is 13.8 Å². The number of ketones is 1. The lowest BCUT2D eigenvalue weighted by Gasteiger charge is -2.18. The molecular weight excluding hydrogens is 528 g/mol. The third kappa shape index (κ3) is 8.18. The molecule has 3 aromatic rings. The van der Waals surface area contributed by atoms with Crippen molar-refractivity contribution < 1.29 is 33.7 Å². The number of carbonyl (C=O) groups is 3. The van der Waals surface area contributed by atoms with Gasteiger partial charge in [-0.15, -0.1) is 0 Å². The molecule has 11 nitrogen and oxygen atoms in total. The highest BCUT2D eigenvalue weighted by Crippen LogP contribution is 2.31. The number of H-pyrrole nitrogens is 1. The second-order valence-corrected chi connectivity index (χ2v) is 9.00. The number of nitrogens with zero attached hydrogens (tertiary/aromatic N) is 2. The molecule has 0 amide bonds. The quantitative estimate of drug-likeness (QED) is 0.173. The van der Waals surface area contributed by atoms with E-state index in [9.17, 15) is 9.59 Å². The van der Waals surface area contributed by atoms with Gasteiger partial charge >= 0.3 is 5.97 Å². The molecule has 2 aromatic heterocycles. The van der Waals surface area contributed by atoms with E-state index in [2.05, 4.69) is 34.0 Å². The lowest BCUT2D eigenvalue weighted by Crippen LogP contribution is -2.27. The van der Waals surface area contributed by atoms with Crippen LogP contribution in [-0.4, -0.2) is 70.5 Å². The van der Waals surface area contributed by atoms with E-state index in [1.807, 2.05) is 37.3 Å². The number of hydrogen-bond acceptors (Lipinski definition) is 9. The molecule has 0 spiro atoms. The smallest absolute Gasteiger partial charge is 0.347 e. The van der Waals surface area contributed by atoms with E-state index in [1.54, 1.807) is 25.4 Å².